The summed E-state index contributed by atoms with van der Waals surface area (Å²) in [6, 6.07) is 15.8. The van der Waals surface area contributed by atoms with Crippen LogP contribution in [-0.4, -0.2) is 40.2 Å². The number of rotatable bonds is 12. The molecule has 0 saturated carbocycles. The summed E-state index contributed by atoms with van der Waals surface area (Å²) in [4.78, 5) is 28.6. The van der Waals surface area contributed by atoms with Crippen LogP contribution in [0.1, 0.15) is 49.4 Å². The Morgan fingerprint density at radius 1 is 0.956 bits per heavy atom. The third kappa shape index (κ3) is 7.42. The molecule has 4 aromatic rings. The van der Waals surface area contributed by atoms with Gasteiger partial charge in [0.2, 0.25) is 5.13 Å². The van der Waals surface area contributed by atoms with E-state index in [9.17, 15) is 14.7 Å². The predicted molar refractivity (Wildman–Crippen MR) is 180 cm³/mol. The second-order valence-electron chi connectivity index (χ2n) is 9.89. The third-order valence-electron chi connectivity index (χ3n) is 6.87. The lowest BCUT2D eigenvalue weighted by Crippen LogP contribution is -2.29. The average molecular weight is 705 g/mol. The van der Waals surface area contributed by atoms with Crippen LogP contribution in [0.4, 0.5) is 5.13 Å². The Balaban J connectivity index is 1.56. The summed E-state index contributed by atoms with van der Waals surface area (Å²) in [5, 5.41) is 21.7. The minimum atomic E-state index is -1.03. The Morgan fingerprint density at radius 2 is 1.71 bits per heavy atom. The Bertz CT molecular complexity index is 1750. The number of benzene rings is 3. The van der Waals surface area contributed by atoms with E-state index in [0.717, 1.165) is 29.7 Å². The first kappa shape index (κ1) is 33.1. The third-order valence-corrected chi connectivity index (χ3v) is 9.81. The van der Waals surface area contributed by atoms with Crippen LogP contribution in [0.25, 0.3) is 5.76 Å². The average Bonchev–Trinajstić information content (AvgIpc) is 3.59. The number of unbranched alkanes of at least 4 members (excludes halogenated alkanes) is 1. The number of hydrogen-bond donors (Lipinski definition) is 1. The highest BCUT2D eigenvalue weighted by molar-refractivity contribution is 8.00. The molecule has 1 atom stereocenters. The number of halogens is 3. The van der Waals surface area contributed by atoms with Crippen LogP contribution in [0, 0.1) is 0 Å². The van der Waals surface area contributed by atoms with Gasteiger partial charge in [-0.1, -0.05) is 83.4 Å². The molecule has 0 aliphatic carbocycles. The maximum Gasteiger partial charge on any atom is 0.301 e. The predicted octanol–water partition coefficient (Wildman–Crippen LogP) is 8.99. The van der Waals surface area contributed by atoms with Crippen molar-refractivity contribution in [3.05, 3.63) is 98.0 Å². The van der Waals surface area contributed by atoms with Gasteiger partial charge >= 0.3 is 5.91 Å². The van der Waals surface area contributed by atoms with Crippen LogP contribution >= 0.6 is 57.9 Å². The molecule has 5 rings (SSSR count). The number of nitrogens with zero attached hydrogens (tertiary/aromatic N) is 3. The quantitative estimate of drug-likeness (QED) is 0.0390. The lowest BCUT2D eigenvalue weighted by atomic mass is 9.95. The maximum absolute atomic E-state index is 13.7. The zero-order valence-corrected chi connectivity index (χ0v) is 28.2. The molecule has 1 aromatic heterocycles. The molecule has 0 bridgehead atoms. The van der Waals surface area contributed by atoms with Gasteiger partial charge in [0.15, 0.2) is 15.8 Å². The van der Waals surface area contributed by atoms with E-state index in [-0.39, 0.29) is 16.5 Å². The van der Waals surface area contributed by atoms with Gasteiger partial charge in [0.05, 0.1) is 24.8 Å². The molecule has 1 aliphatic heterocycles. The lowest BCUT2D eigenvalue weighted by Gasteiger charge is -2.23. The van der Waals surface area contributed by atoms with Crippen LogP contribution < -0.4 is 14.4 Å². The van der Waals surface area contributed by atoms with Crippen LogP contribution in [0.15, 0.2) is 70.6 Å². The Kier molecular flexibility index (Phi) is 10.9. The van der Waals surface area contributed by atoms with Crippen LogP contribution in [0.2, 0.25) is 15.1 Å². The van der Waals surface area contributed by atoms with E-state index in [1.54, 1.807) is 54.6 Å². The van der Waals surface area contributed by atoms with Crippen molar-refractivity contribution in [2.75, 3.05) is 18.1 Å². The van der Waals surface area contributed by atoms with Crippen molar-refractivity contribution >= 4 is 80.5 Å². The molecule has 1 fully saturated rings. The number of thioether (sulfide) groups is 1. The number of aliphatic hydroxyl groups is 1. The monoisotopic (exact) mass is 703 g/mol. The zero-order valence-electron chi connectivity index (χ0n) is 24.3. The summed E-state index contributed by atoms with van der Waals surface area (Å²) in [6.07, 6.45) is 1.84. The Labute approximate surface area is 283 Å². The van der Waals surface area contributed by atoms with Gasteiger partial charge < -0.3 is 14.6 Å². The smallest absolute Gasteiger partial charge is 0.301 e. The van der Waals surface area contributed by atoms with Gasteiger partial charge in [-0.3, -0.25) is 14.5 Å². The molecular formula is C32H28Cl3N3O5S2. The summed E-state index contributed by atoms with van der Waals surface area (Å²) < 4.78 is 12.4. The fourth-order valence-corrected chi connectivity index (χ4v) is 7.21. The van der Waals surface area contributed by atoms with E-state index >= 15 is 0 Å². The number of hydrogen-bond acceptors (Lipinski definition) is 9. The number of aliphatic hydroxyl groups excluding tert-OH is 1. The van der Waals surface area contributed by atoms with Crippen molar-refractivity contribution in [1.29, 1.82) is 0 Å². The highest BCUT2D eigenvalue weighted by atomic mass is 35.5. The number of carbonyl (C=O) groups is 2. The molecule has 1 N–H and O–H groups in total. The number of carbonyl (C=O) groups excluding carboxylic acids is 2. The molecular weight excluding hydrogens is 677 g/mol. The van der Waals surface area contributed by atoms with Gasteiger partial charge in [-0.05, 0) is 73.0 Å². The molecule has 1 aliphatic rings. The Hall–Kier alpha value is -3.28. The molecule has 234 valence electrons. The summed E-state index contributed by atoms with van der Waals surface area (Å²) in [7, 11) is 0. The summed E-state index contributed by atoms with van der Waals surface area (Å²) in [5.41, 5.74) is 1.62. The topological polar surface area (TPSA) is 102 Å². The number of Topliss-reactive ketones (excluding diaryl/α,β-unsaturated/α-hetero) is 1. The van der Waals surface area contributed by atoms with Gasteiger partial charge in [-0.15, -0.1) is 10.2 Å². The van der Waals surface area contributed by atoms with Crippen LogP contribution in [0.5, 0.6) is 11.5 Å². The van der Waals surface area contributed by atoms with Crippen molar-refractivity contribution in [1.82, 2.24) is 10.2 Å². The summed E-state index contributed by atoms with van der Waals surface area (Å²) >= 11 is 21.0. The van der Waals surface area contributed by atoms with Gasteiger partial charge in [0, 0.05) is 26.4 Å². The first-order valence-corrected chi connectivity index (χ1v) is 17.0. The maximum atomic E-state index is 13.7. The van der Waals surface area contributed by atoms with E-state index in [0.29, 0.717) is 61.0 Å². The molecule has 1 saturated heterocycles. The molecule has 13 heteroatoms. The molecule has 45 heavy (non-hydrogen) atoms. The number of anilines is 1. The fraction of sp³-hybridized carbons (Fsp3) is 0.250. The first-order chi connectivity index (χ1) is 21.7. The minimum absolute atomic E-state index is 0.0956. The molecule has 0 radical (unpaired) electrons. The second kappa shape index (κ2) is 14.9. The van der Waals surface area contributed by atoms with Crippen molar-refractivity contribution < 1.29 is 24.2 Å². The molecule has 1 unspecified atom stereocenters. The van der Waals surface area contributed by atoms with Crippen molar-refractivity contribution in [2.45, 2.75) is 42.8 Å². The molecule has 1 amide bonds. The van der Waals surface area contributed by atoms with E-state index in [1.807, 2.05) is 13.0 Å². The van der Waals surface area contributed by atoms with Gasteiger partial charge in [-0.2, -0.15) is 0 Å². The Morgan fingerprint density at radius 3 is 2.42 bits per heavy atom. The molecule has 2 heterocycles. The fourth-order valence-electron chi connectivity index (χ4n) is 4.65. The van der Waals surface area contributed by atoms with E-state index in [2.05, 4.69) is 17.1 Å². The molecule has 3 aromatic carbocycles. The van der Waals surface area contributed by atoms with Gasteiger partial charge in [-0.25, -0.2) is 0 Å². The van der Waals surface area contributed by atoms with E-state index in [4.69, 9.17) is 44.3 Å². The van der Waals surface area contributed by atoms with Crippen molar-refractivity contribution in [3.63, 3.8) is 0 Å². The number of ether oxygens (including phenoxy) is 2. The normalized spacial score (nSPS) is 15.9. The molecule has 8 nitrogen and oxygen atoms in total. The summed E-state index contributed by atoms with van der Waals surface area (Å²) in [5.74, 6) is -0.553. The first-order valence-electron chi connectivity index (χ1n) is 14.1. The second-order valence-corrected chi connectivity index (χ2v) is 13.4. The van der Waals surface area contributed by atoms with Crippen LogP contribution in [0.3, 0.4) is 0 Å². The van der Waals surface area contributed by atoms with Crippen molar-refractivity contribution in [3.8, 4) is 11.5 Å². The van der Waals surface area contributed by atoms with E-state index in [1.165, 1.54) is 16.7 Å². The lowest BCUT2D eigenvalue weighted by molar-refractivity contribution is -0.132. The number of amides is 1. The van der Waals surface area contributed by atoms with Gasteiger partial charge in [0.1, 0.15) is 5.76 Å². The van der Waals surface area contributed by atoms with Gasteiger partial charge in [0.25, 0.3) is 5.78 Å². The van der Waals surface area contributed by atoms with E-state index < -0.39 is 17.7 Å². The number of ketones is 1. The highest BCUT2D eigenvalue weighted by Gasteiger charge is 2.48. The molecule has 0 spiro atoms. The van der Waals surface area contributed by atoms with Crippen LogP contribution in [-0.2, 0) is 15.3 Å². The summed E-state index contributed by atoms with van der Waals surface area (Å²) in [6.45, 7) is 4.81. The standard InChI is InChI=1S/C32H28Cl3N3O5S2/c1-3-5-14-43-24-13-9-19(15-25(24)42-4-2)27-26(28(39)18-6-10-21(33)11-7-18)29(40)30(41)38(27)31-36-37-32(45-31)44-17-20-8-12-22(34)16-23(20)35/h6-13,15-16,27,39H,3-5,14,17H2,1-2H3/b28-26+. The number of aromatic nitrogens is 2. The SMILES string of the molecule is CCCCOc1ccc(C2/C(=C(\O)c3ccc(Cl)cc3)C(=O)C(=O)N2c2nnc(SCc3ccc(Cl)cc3Cl)s2)cc1OCC. The van der Waals surface area contributed by atoms with Crippen molar-refractivity contribution in [2.24, 2.45) is 0 Å². The largest absolute Gasteiger partial charge is 0.507 e. The minimum Gasteiger partial charge on any atom is -0.507 e. The zero-order chi connectivity index (χ0) is 32.1. The highest BCUT2D eigenvalue weighted by Crippen LogP contribution is 2.46.